The summed E-state index contributed by atoms with van der Waals surface area (Å²) in [5, 5.41) is 3.38. The zero-order chi connectivity index (χ0) is 12.9. The third-order valence-corrected chi connectivity index (χ3v) is 3.62. The van der Waals surface area contributed by atoms with E-state index >= 15 is 0 Å². The molecule has 0 spiro atoms. The minimum Gasteiger partial charge on any atom is -0.313 e. The lowest BCUT2D eigenvalue weighted by molar-refractivity contribution is -0.0523. The summed E-state index contributed by atoms with van der Waals surface area (Å²) in [6.07, 6.45) is 1.76. The predicted octanol–water partition coefficient (Wildman–Crippen LogP) is 2.74. The Hall–Kier alpha value is -0.220. The van der Waals surface area contributed by atoms with Gasteiger partial charge in [0, 0.05) is 25.4 Å². The largest absolute Gasteiger partial charge is 0.313 e. The first-order valence-corrected chi connectivity index (χ1v) is 6.72. The highest BCUT2D eigenvalue weighted by atomic mass is 19.3. The highest BCUT2D eigenvalue weighted by molar-refractivity contribution is 4.80. The molecule has 0 bridgehead atoms. The van der Waals surface area contributed by atoms with Crippen LogP contribution in [0.5, 0.6) is 0 Å². The van der Waals surface area contributed by atoms with Crippen LogP contribution in [0.4, 0.5) is 8.78 Å². The average Bonchev–Trinajstić information content (AvgIpc) is 2.25. The van der Waals surface area contributed by atoms with Crippen molar-refractivity contribution < 1.29 is 8.78 Å². The lowest BCUT2D eigenvalue weighted by atomic mass is 9.86. The number of alkyl halides is 2. The Morgan fingerprint density at radius 3 is 2.76 bits per heavy atom. The summed E-state index contributed by atoms with van der Waals surface area (Å²) in [6.45, 7) is 6.96. The first kappa shape index (κ1) is 14.8. The SMILES string of the molecule is CCN(C)CC(C)NCC1CCCC(F)(F)C1. The standard InChI is InChI=1S/C13H26F2N2/c1-4-17(3)10-11(2)16-9-12-6-5-7-13(14,15)8-12/h11-12,16H,4-10H2,1-3H3. The summed E-state index contributed by atoms with van der Waals surface area (Å²) >= 11 is 0. The number of likely N-dealkylation sites (N-methyl/N-ethyl adjacent to an activating group) is 1. The molecular formula is C13H26F2N2. The molecule has 0 saturated heterocycles. The van der Waals surface area contributed by atoms with E-state index in [9.17, 15) is 8.78 Å². The van der Waals surface area contributed by atoms with Crippen molar-refractivity contribution in [1.29, 1.82) is 0 Å². The van der Waals surface area contributed by atoms with Crippen molar-refractivity contribution in [3.05, 3.63) is 0 Å². The number of nitrogens with zero attached hydrogens (tertiary/aromatic N) is 1. The second-order valence-corrected chi connectivity index (χ2v) is 5.48. The zero-order valence-electron chi connectivity index (χ0n) is 11.3. The minimum atomic E-state index is -2.42. The van der Waals surface area contributed by atoms with Crippen LogP contribution >= 0.6 is 0 Å². The van der Waals surface area contributed by atoms with Crippen LogP contribution in [0, 0.1) is 5.92 Å². The number of hydrogen-bond acceptors (Lipinski definition) is 2. The van der Waals surface area contributed by atoms with E-state index in [1.807, 2.05) is 0 Å². The summed E-state index contributed by atoms with van der Waals surface area (Å²) in [5.74, 6) is -2.28. The third kappa shape index (κ3) is 5.77. The summed E-state index contributed by atoms with van der Waals surface area (Å²) < 4.78 is 26.4. The predicted molar refractivity (Wildman–Crippen MR) is 67.5 cm³/mol. The Labute approximate surface area is 104 Å². The number of hydrogen-bond donors (Lipinski definition) is 1. The molecule has 0 radical (unpaired) electrons. The van der Waals surface area contributed by atoms with Crippen LogP contribution in [0.15, 0.2) is 0 Å². The lowest BCUT2D eigenvalue weighted by Gasteiger charge is -2.30. The first-order valence-electron chi connectivity index (χ1n) is 6.72. The molecule has 0 aromatic heterocycles. The molecule has 0 aliphatic heterocycles. The topological polar surface area (TPSA) is 15.3 Å². The smallest absolute Gasteiger partial charge is 0.248 e. The number of halogens is 2. The van der Waals surface area contributed by atoms with Crippen LogP contribution in [0.25, 0.3) is 0 Å². The van der Waals surface area contributed by atoms with E-state index in [1.54, 1.807) is 0 Å². The van der Waals surface area contributed by atoms with Crippen LogP contribution in [0.3, 0.4) is 0 Å². The molecule has 2 unspecified atom stereocenters. The molecule has 0 amide bonds. The van der Waals surface area contributed by atoms with Crippen LogP contribution in [-0.4, -0.2) is 43.5 Å². The molecule has 1 aliphatic carbocycles. The van der Waals surface area contributed by atoms with Gasteiger partial charge < -0.3 is 10.2 Å². The van der Waals surface area contributed by atoms with Gasteiger partial charge in [-0.2, -0.15) is 0 Å². The van der Waals surface area contributed by atoms with Gasteiger partial charge in [0.05, 0.1) is 0 Å². The van der Waals surface area contributed by atoms with Gasteiger partial charge in [-0.3, -0.25) is 0 Å². The van der Waals surface area contributed by atoms with Crippen molar-refractivity contribution in [3.8, 4) is 0 Å². The monoisotopic (exact) mass is 248 g/mol. The number of nitrogens with one attached hydrogen (secondary N) is 1. The van der Waals surface area contributed by atoms with Crippen LogP contribution in [0.2, 0.25) is 0 Å². The van der Waals surface area contributed by atoms with Gasteiger partial charge in [0.2, 0.25) is 5.92 Å². The third-order valence-electron chi connectivity index (χ3n) is 3.62. The number of rotatable bonds is 6. The first-order chi connectivity index (χ1) is 7.93. The molecule has 102 valence electrons. The van der Waals surface area contributed by atoms with Crippen molar-refractivity contribution >= 4 is 0 Å². The van der Waals surface area contributed by atoms with Gasteiger partial charge in [0.25, 0.3) is 0 Å². The van der Waals surface area contributed by atoms with Gasteiger partial charge in [0.1, 0.15) is 0 Å². The summed E-state index contributed by atoms with van der Waals surface area (Å²) in [6, 6.07) is 0.371. The van der Waals surface area contributed by atoms with Gasteiger partial charge in [-0.1, -0.05) is 6.92 Å². The van der Waals surface area contributed by atoms with Crippen molar-refractivity contribution in [3.63, 3.8) is 0 Å². The van der Waals surface area contributed by atoms with Crippen molar-refractivity contribution in [2.45, 2.75) is 51.5 Å². The van der Waals surface area contributed by atoms with E-state index in [0.29, 0.717) is 12.5 Å². The molecule has 1 N–H and O–H groups in total. The summed E-state index contributed by atoms with van der Waals surface area (Å²) in [7, 11) is 2.08. The molecule has 1 rings (SSSR count). The molecule has 2 atom stereocenters. The van der Waals surface area contributed by atoms with Crippen molar-refractivity contribution in [2.75, 3.05) is 26.7 Å². The molecule has 0 aromatic rings. The highest BCUT2D eigenvalue weighted by Gasteiger charge is 2.35. The average molecular weight is 248 g/mol. The molecular weight excluding hydrogens is 222 g/mol. The highest BCUT2D eigenvalue weighted by Crippen LogP contribution is 2.36. The van der Waals surface area contributed by atoms with E-state index in [-0.39, 0.29) is 18.8 Å². The van der Waals surface area contributed by atoms with Gasteiger partial charge >= 0.3 is 0 Å². The van der Waals surface area contributed by atoms with E-state index in [1.165, 1.54) is 0 Å². The fourth-order valence-corrected chi connectivity index (χ4v) is 2.48. The Morgan fingerprint density at radius 2 is 2.18 bits per heavy atom. The van der Waals surface area contributed by atoms with Crippen LogP contribution in [-0.2, 0) is 0 Å². The van der Waals surface area contributed by atoms with Crippen LogP contribution in [0.1, 0.15) is 39.5 Å². The van der Waals surface area contributed by atoms with Gasteiger partial charge in [-0.25, -0.2) is 8.78 Å². The quantitative estimate of drug-likeness (QED) is 0.777. The molecule has 4 heteroatoms. The van der Waals surface area contributed by atoms with E-state index < -0.39 is 5.92 Å². The van der Waals surface area contributed by atoms with Gasteiger partial charge in [-0.15, -0.1) is 0 Å². The molecule has 1 aliphatic rings. The summed E-state index contributed by atoms with van der Waals surface area (Å²) in [4.78, 5) is 2.23. The molecule has 0 heterocycles. The minimum absolute atomic E-state index is 0.0658. The van der Waals surface area contributed by atoms with Gasteiger partial charge in [-0.05, 0) is 45.8 Å². The maximum atomic E-state index is 13.2. The Morgan fingerprint density at radius 1 is 1.47 bits per heavy atom. The molecule has 1 fully saturated rings. The maximum absolute atomic E-state index is 13.2. The van der Waals surface area contributed by atoms with E-state index in [2.05, 4.69) is 31.1 Å². The fraction of sp³-hybridized carbons (Fsp3) is 1.00. The molecule has 17 heavy (non-hydrogen) atoms. The Kier molecular flexibility index (Phi) is 5.80. The van der Waals surface area contributed by atoms with Gasteiger partial charge in [0.15, 0.2) is 0 Å². The Balaban J connectivity index is 2.21. The van der Waals surface area contributed by atoms with E-state index in [4.69, 9.17) is 0 Å². The van der Waals surface area contributed by atoms with Crippen LogP contribution < -0.4 is 5.32 Å². The normalized spacial score (nSPS) is 26.1. The second-order valence-electron chi connectivity index (χ2n) is 5.48. The molecule has 1 saturated carbocycles. The second kappa shape index (κ2) is 6.64. The van der Waals surface area contributed by atoms with Crippen molar-refractivity contribution in [1.82, 2.24) is 10.2 Å². The maximum Gasteiger partial charge on any atom is 0.248 e. The Bertz CT molecular complexity index is 221. The zero-order valence-corrected chi connectivity index (χ0v) is 11.3. The van der Waals surface area contributed by atoms with Crippen molar-refractivity contribution in [2.24, 2.45) is 5.92 Å². The summed E-state index contributed by atoms with van der Waals surface area (Å²) in [5.41, 5.74) is 0. The molecule has 0 aromatic carbocycles. The fourth-order valence-electron chi connectivity index (χ4n) is 2.48. The van der Waals surface area contributed by atoms with E-state index in [0.717, 1.165) is 26.1 Å². The lowest BCUT2D eigenvalue weighted by Crippen LogP contribution is -2.41. The molecule has 2 nitrogen and oxygen atoms in total.